The maximum absolute atomic E-state index is 12.4. The first kappa shape index (κ1) is 18.7. The number of carboxylic acid groups (broad SMARTS) is 1. The molecular formula is C16H12ClN5O4. The number of carboxylic acids is 1. The molecule has 2 heterocycles. The molecule has 132 valence electrons. The molecule has 0 atom stereocenters. The van der Waals surface area contributed by atoms with Crippen LogP contribution in [0.2, 0.25) is 0 Å². The number of halogens is 1. The second-order valence-electron chi connectivity index (χ2n) is 5.08. The molecular weight excluding hydrogens is 362 g/mol. The lowest BCUT2D eigenvalue weighted by molar-refractivity contribution is -0.135. The van der Waals surface area contributed by atoms with Gasteiger partial charge < -0.3 is 10.4 Å². The first-order chi connectivity index (χ1) is 12.0. The molecule has 0 aliphatic carbocycles. The summed E-state index contributed by atoms with van der Waals surface area (Å²) < 4.78 is 1.42. The first-order valence-corrected chi connectivity index (χ1v) is 7.11. The zero-order chi connectivity index (χ0) is 18.0. The van der Waals surface area contributed by atoms with Gasteiger partial charge in [-0.25, -0.2) is 9.50 Å². The molecule has 1 amide bonds. The van der Waals surface area contributed by atoms with Gasteiger partial charge in [0.05, 0.1) is 17.3 Å². The van der Waals surface area contributed by atoms with Crippen molar-refractivity contribution in [1.29, 1.82) is 5.26 Å². The fourth-order valence-electron chi connectivity index (χ4n) is 2.42. The minimum Gasteiger partial charge on any atom is -0.480 e. The van der Waals surface area contributed by atoms with Crippen molar-refractivity contribution >= 4 is 29.9 Å². The van der Waals surface area contributed by atoms with E-state index in [9.17, 15) is 14.4 Å². The van der Waals surface area contributed by atoms with E-state index in [1.54, 1.807) is 24.3 Å². The summed E-state index contributed by atoms with van der Waals surface area (Å²) in [6, 6.07) is 9.87. The van der Waals surface area contributed by atoms with Crippen LogP contribution in [0.15, 0.2) is 41.5 Å². The van der Waals surface area contributed by atoms with Crippen molar-refractivity contribution in [3.05, 3.63) is 58.0 Å². The van der Waals surface area contributed by atoms with Crippen molar-refractivity contribution < 1.29 is 14.7 Å². The predicted octanol–water partition coefficient (Wildman–Crippen LogP) is 0.797. The summed E-state index contributed by atoms with van der Waals surface area (Å²) in [6.07, 6.45) is 1.31. The van der Waals surface area contributed by atoms with E-state index in [1.165, 1.54) is 16.9 Å². The third kappa shape index (κ3) is 3.40. The highest BCUT2D eigenvalue weighted by atomic mass is 35.5. The SMILES string of the molecule is Cl.N#Cc1cccc(-c2cc(=O)c(C(=O)NCC(=O)O)c3nc[nH]n23)c1. The highest BCUT2D eigenvalue weighted by Gasteiger charge is 2.20. The molecule has 26 heavy (non-hydrogen) atoms. The smallest absolute Gasteiger partial charge is 0.322 e. The Morgan fingerprint density at radius 1 is 1.35 bits per heavy atom. The predicted molar refractivity (Wildman–Crippen MR) is 93.2 cm³/mol. The Labute approximate surface area is 152 Å². The van der Waals surface area contributed by atoms with Gasteiger partial charge in [0.15, 0.2) is 11.1 Å². The molecule has 3 aromatic rings. The Balaban J connectivity index is 0.00000243. The Morgan fingerprint density at radius 2 is 2.12 bits per heavy atom. The number of aliphatic carboxylic acids is 1. The number of aromatic nitrogens is 3. The first-order valence-electron chi connectivity index (χ1n) is 7.11. The van der Waals surface area contributed by atoms with Gasteiger partial charge in [0.25, 0.3) is 5.91 Å². The number of carbonyl (C=O) groups is 2. The largest absolute Gasteiger partial charge is 0.480 e. The topological polar surface area (TPSA) is 140 Å². The Bertz CT molecular complexity index is 1100. The van der Waals surface area contributed by atoms with Crippen molar-refractivity contribution in [3.8, 4) is 17.3 Å². The summed E-state index contributed by atoms with van der Waals surface area (Å²) in [5.41, 5.74) is 0.626. The van der Waals surface area contributed by atoms with Crippen molar-refractivity contribution in [2.45, 2.75) is 0 Å². The van der Waals surface area contributed by atoms with Gasteiger partial charge in [-0.3, -0.25) is 19.5 Å². The molecule has 0 radical (unpaired) electrons. The molecule has 2 aromatic heterocycles. The normalized spacial score (nSPS) is 9.96. The molecule has 0 fully saturated rings. The highest BCUT2D eigenvalue weighted by Crippen LogP contribution is 2.20. The number of hydrogen-bond acceptors (Lipinski definition) is 5. The lowest BCUT2D eigenvalue weighted by atomic mass is 10.1. The van der Waals surface area contributed by atoms with Crippen LogP contribution in [0.5, 0.6) is 0 Å². The number of H-pyrrole nitrogens is 1. The molecule has 0 aliphatic heterocycles. The number of carbonyl (C=O) groups excluding carboxylic acids is 1. The summed E-state index contributed by atoms with van der Waals surface area (Å²) in [5.74, 6) is -2.05. The lowest BCUT2D eigenvalue weighted by Crippen LogP contribution is -2.33. The average molecular weight is 374 g/mol. The molecule has 0 saturated heterocycles. The number of hydrogen-bond donors (Lipinski definition) is 3. The van der Waals surface area contributed by atoms with Gasteiger partial charge in [-0.05, 0) is 12.1 Å². The third-order valence-corrected chi connectivity index (χ3v) is 3.48. The van der Waals surface area contributed by atoms with E-state index in [0.29, 0.717) is 16.8 Å². The Morgan fingerprint density at radius 3 is 2.81 bits per heavy atom. The molecule has 3 N–H and O–H groups in total. The van der Waals surface area contributed by atoms with Gasteiger partial charge in [0.1, 0.15) is 18.4 Å². The monoisotopic (exact) mass is 373 g/mol. The van der Waals surface area contributed by atoms with Crippen LogP contribution in [0, 0.1) is 11.3 Å². The molecule has 10 heteroatoms. The van der Waals surface area contributed by atoms with Crippen LogP contribution < -0.4 is 10.7 Å². The fourth-order valence-corrected chi connectivity index (χ4v) is 2.42. The van der Waals surface area contributed by atoms with Crippen LogP contribution in [-0.4, -0.2) is 38.1 Å². The van der Waals surface area contributed by atoms with Crippen molar-refractivity contribution in [2.24, 2.45) is 0 Å². The second-order valence-corrected chi connectivity index (χ2v) is 5.08. The van der Waals surface area contributed by atoms with E-state index >= 15 is 0 Å². The maximum atomic E-state index is 12.4. The van der Waals surface area contributed by atoms with Crippen LogP contribution in [0.4, 0.5) is 0 Å². The minimum atomic E-state index is -1.23. The van der Waals surface area contributed by atoms with Gasteiger partial charge in [-0.15, -0.1) is 12.4 Å². The van der Waals surface area contributed by atoms with Gasteiger partial charge in [0, 0.05) is 11.6 Å². The summed E-state index contributed by atoms with van der Waals surface area (Å²) in [6.45, 7) is -0.610. The van der Waals surface area contributed by atoms with Gasteiger partial charge in [-0.2, -0.15) is 5.26 Å². The van der Waals surface area contributed by atoms with Gasteiger partial charge >= 0.3 is 5.97 Å². The van der Waals surface area contributed by atoms with Crippen LogP contribution in [-0.2, 0) is 4.79 Å². The average Bonchev–Trinajstić information content (AvgIpc) is 3.08. The number of nitrogens with one attached hydrogen (secondary N) is 2. The number of pyridine rings is 1. The van der Waals surface area contributed by atoms with E-state index in [4.69, 9.17) is 10.4 Å². The zero-order valence-corrected chi connectivity index (χ0v) is 13.9. The number of aromatic amines is 1. The molecule has 0 unspecified atom stereocenters. The van der Waals surface area contributed by atoms with E-state index in [-0.39, 0.29) is 23.6 Å². The summed E-state index contributed by atoms with van der Waals surface area (Å²) >= 11 is 0. The fraction of sp³-hybridized carbons (Fsp3) is 0.0625. The number of fused-ring (bicyclic) bond motifs is 1. The van der Waals surface area contributed by atoms with Crippen LogP contribution >= 0.6 is 12.4 Å². The molecule has 0 saturated carbocycles. The van der Waals surface area contributed by atoms with Crippen LogP contribution in [0.1, 0.15) is 15.9 Å². The van der Waals surface area contributed by atoms with Gasteiger partial charge in [0.2, 0.25) is 0 Å². The van der Waals surface area contributed by atoms with E-state index in [1.807, 2.05) is 6.07 Å². The highest BCUT2D eigenvalue weighted by molar-refractivity contribution is 6.01. The molecule has 3 rings (SSSR count). The van der Waals surface area contributed by atoms with Crippen LogP contribution in [0.3, 0.4) is 0 Å². The van der Waals surface area contributed by atoms with E-state index < -0.39 is 23.9 Å². The number of nitrogens with zero attached hydrogens (tertiary/aromatic N) is 3. The quantitative estimate of drug-likeness (QED) is 0.617. The van der Waals surface area contributed by atoms with Crippen molar-refractivity contribution in [1.82, 2.24) is 19.9 Å². The maximum Gasteiger partial charge on any atom is 0.322 e. The number of benzene rings is 1. The summed E-state index contributed by atoms with van der Waals surface area (Å²) in [4.78, 5) is 39.1. The summed E-state index contributed by atoms with van der Waals surface area (Å²) in [7, 11) is 0. The molecule has 9 nitrogen and oxygen atoms in total. The number of nitriles is 1. The third-order valence-electron chi connectivity index (χ3n) is 3.48. The molecule has 0 aliphatic rings. The second kappa shape index (κ2) is 7.50. The van der Waals surface area contributed by atoms with Gasteiger partial charge in [-0.1, -0.05) is 12.1 Å². The van der Waals surface area contributed by atoms with E-state index in [2.05, 4.69) is 15.4 Å². The van der Waals surface area contributed by atoms with Crippen molar-refractivity contribution in [3.63, 3.8) is 0 Å². The Hall–Kier alpha value is -3.64. The number of amides is 1. The Kier molecular flexibility index (Phi) is 5.39. The zero-order valence-electron chi connectivity index (χ0n) is 13.1. The molecule has 1 aromatic carbocycles. The van der Waals surface area contributed by atoms with E-state index in [0.717, 1.165) is 0 Å². The van der Waals surface area contributed by atoms with Crippen LogP contribution in [0.25, 0.3) is 16.9 Å². The van der Waals surface area contributed by atoms with Crippen molar-refractivity contribution in [2.75, 3.05) is 6.54 Å². The number of rotatable bonds is 4. The molecule has 0 spiro atoms. The minimum absolute atomic E-state index is 0. The lowest BCUT2D eigenvalue weighted by Gasteiger charge is -2.08. The standard InChI is InChI=1S/C16H11N5O4.ClH/c17-6-9-2-1-3-10(4-9)11-5-12(22)14(15-19-8-20-21(11)15)16(25)18-7-13(23)24;/h1-5,8H,7H2,(H,18,25)(H,19,20)(H,23,24);1H. The summed E-state index contributed by atoms with van der Waals surface area (Å²) in [5, 5.41) is 22.6. The molecule has 0 bridgehead atoms.